The quantitative estimate of drug-likeness (QED) is 0.866. The first-order valence-electron chi connectivity index (χ1n) is 5.10. The Morgan fingerprint density at radius 1 is 1.28 bits per heavy atom. The van der Waals surface area contributed by atoms with Crippen molar-refractivity contribution >= 4 is 35.3 Å². The summed E-state index contributed by atoms with van der Waals surface area (Å²) in [5.41, 5.74) is 0. The van der Waals surface area contributed by atoms with Crippen molar-refractivity contribution in [3.05, 3.63) is 28.2 Å². The first-order chi connectivity index (χ1) is 8.54. The average molecular weight is 292 g/mol. The predicted molar refractivity (Wildman–Crippen MR) is 67.1 cm³/mol. The van der Waals surface area contributed by atoms with Gasteiger partial charge in [-0.05, 0) is 19.1 Å². The van der Waals surface area contributed by atoms with E-state index in [2.05, 4.69) is 10.1 Å². The number of carbonyl (C=O) groups excluding carboxylic acids is 2. The second kappa shape index (κ2) is 7.08. The number of nitrogens with one attached hydrogen (secondary N) is 1. The molecule has 0 aliphatic carbocycles. The van der Waals surface area contributed by atoms with Crippen molar-refractivity contribution in [2.45, 2.75) is 6.92 Å². The van der Waals surface area contributed by atoms with E-state index in [0.29, 0.717) is 0 Å². The molecule has 0 fully saturated rings. The van der Waals surface area contributed by atoms with Crippen LogP contribution in [0.2, 0.25) is 10.0 Å². The SMILES string of the molecule is CCOC(=O)CNC(=O)Oc1c(Cl)cccc1Cl. The normalized spacial score (nSPS) is 9.72. The van der Waals surface area contributed by atoms with Crippen LogP contribution in [0.3, 0.4) is 0 Å². The molecule has 1 aromatic rings. The van der Waals surface area contributed by atoms with Crippen LogP contribution in [0.15, 0.2) is 18.2 Å². The Morgan fingerprint density at radius 3 is 2.44 bits per heavy atom. The van der Waals surface area contributed by atoms with Crippen molar-refractivity contribution in [3.63, 3.8) is 0 Å². The Kier molecular flexibility index (Phi) is 5.74. The summed E-state index contributed by atoms with van der Waals surface area (Å²) in [6.07, 6.45) is -0.835. The molecule has 7 heteroatoms. The van der Waals surface area contributed by atoms with Gasteiger partial charge in [0.25, 0.3) is 0 Å². The molecular weight excluding hydrogens is 281 g/mol. The van der Waals surface area contributed by atoms with Gasteiger partial charge in [-0.1, -0.05) is 29.3 Å². The predicted octanol–water partition coefficient (Wildman–Crippen LogP) is 2.64. The minimum Gasteiger partial charge on any atom is -0.465 e. The van der Waals surface area contributed by atoms with Gasteiger partial charge in [-0.15, -0.1) is 0 Å². The summed E-state index contributed by atoms with van der Waals surface area (Å²) >= 11 is 11.6. The fraction of sp³-hybridized carbons (Fsp3) is 0.273. The van der Waals surface area contributed by atoms with E-state index in [9.17, 15) is 9.59 Å². The van der Waals surface area contributed by atoms with Crippen LogP contribution < -0.4 is 10.1 Å². The van der Waals surface area contributed by atoms with Crippen molar-refractivity contribution < 1.29 is 19.1 Å². The van der Waals surface area contributed by atoms with Gasteiger partial charge in [0.15, 0.2) is 5.75 Å². The number of hydrogen-bond donors (Lipinski definition) is 1. The Hall–Kier alpha value is -1.46. The number of halogens is 2. The number of para-hydroxylation sites is 1. The number of amides is 1. The summed E-state index contributed by atoms with van der Waals surface area (Å²) in [6, 6.07) is 4.68. The lowest BCUT2D eigenvalue weighted by molar-refractivity contribution is -0.141. The standard InChI is InChI=1S/C11H11Cl2NO4/c1-2-17-9(15)6-14-11(16)18-10-7(12)4-3-5-8(10)13/h3-5H,2,6H2,1H3,(H,14,16). The summed E-state index contributed by atoms with van der Waals surface area (Å²) in [7, 11) is 0. The maximum atomic E-state index is 11.4. The summed E-state index contributed by atoms with van der Waals surface area (Å²) < 4.78 is 9.51. The fourth-order valence-corrected chi connectivity index (χ4v) is 1.54. The van der Waals surface area contributed by atoms with Gasteiger partial charge in [-0.3, -0.25) is 4.79 Å². The highest BCUT2D eigenvalue weighted by atomic mass is 35.5. The monoisotopic (exact) mass is 291 g/mol. The highest BCUT2D eigenvalue weighted by molar-refractivity contribution is 6.37. The molecular formula is C11H11Cl2NO4. The van der Waals surface area contributed by atoms with Crippen LogP contribution in [-0.4, -0.2) is 25.2 Å². The molecule has 0 atom stereocenters. The number of rotatable bonds is 4. The maximum Gasteiger partial charge on any atom is 0.413 e. The van der Waals surface area contributed by atoms with E-state index in [1.54, 1.807) is 13.0 Å². The van der Waals surface area contributed by atoms with Gasteiger partial charge in [0, 0.05) is 0 Å². The lowest BCUT2D eigenvalue weighted by Crippen LogP contribution is -2.32. The molecule has 1 N–H and O–H groups in total. The molecule has 0 aromatic heterocycles. The van der Waals surface area contributed by atoms with Gasteiger partial charge in [-0.2, -0.15) is 0 Å². The van der Waals surface area contributed by atoms with Gasteiger partial charge in [0.05, 0.1) is 16.7 Å². The minimum atomic E-state index is -0.835. The molecule has 0 aliphatic rings. The zero-order valence-corrected chi connectivity index (χ0v) is 11.0. The van der Waals surface area contributed by atoms with Crippen molar-refractivity contribution in [2.75, 3.05) is 13.2 Å². The molecule has 1 amide bonds. The molecule has 18 heavy (non-hydrogen) atoms. The van der Waals surface area contributed by atoms with Crippen LogP contribution in [-0.2, 0) is 9.53 Å². The summed E-state index contributed by atoms with van der Waals surface area (Å²) in [4.78, 5) is 22.4. The largest absolute Gasteiger partial charge is 0.465 e. The van der Waals surface area contributed by atoms with E-state index in [1.165, 1.54) is 12.1 Å². The zero-order chi connectivity index (χ0) is 13.5. The second-order valence-electron chi connectivity index (χ2n) is 3.10. The fourth-order valence-electron chi connectivity index (χ4n) is 1.07. The van der Waals surface area contributed by atoms with Gasteiger partial charge >= 0.3 is 12.1 Å². The van der Waals surface area contributed by atoms with Crippen molar-refractivity contribution in [1.82, 2.24) is 5.32 Å². The van der Waals surface area contributed by atoms with Gasteiger partial charge in [0.2, 0.25) is 0 Å². The smallest absolute Gasteiger partial charge is 0.413 e. The van der Waals surface area contributed by atoms with E-state index < -0.39 is 12.1 Å². The van der Waals surface area contributed by atoms with Gasteiger partial charge in [-0.25, -0.2) is 4.79 Å². The van der Waals surface area contributed by atoms with Crippen LogP contribution in [0, 0.1) is 0 Å². The maximum absolute atomic E-state index is 11.4. The molecule has 98 valence electrons. The van der Waals surface area contributed by atoms with E-state index in [-0.39, 0.29) is 28.9 Å². The third-order valence-corrected chi connectivity index (χ3v) is 2.39. The molecule has 0 bridgehead atoms. The second-order valence-corrected chi connectivity index (χ2v) is 3.91. The lowest BCUT2D eigenvalue weighted by Gasteiger charge is -2.08. The highest BCUT2D eigenvalue weighted by Gasteiger charge is 2.13. The number of hydrogen-bond acceptors (Lipinski definition) is 4. The molecule has 0 saturated carbocycles. The molecule has 5 nitrogen and oxygen atoms in total. The van der Waals surface area contributed by atoms with Crippen molar-refractivity contribution in [3.8, 4) is 5.75 Å². The number of ether oxygens (including phenoxy) is 2. The number of benzene rings is 1. The molecule has 0 saturated heterocycles. The molecule has 0 unspecified atom stereocenters. The zero-order valence-electron chi connectivity index (χ0n) is 9.54. The average Bonchev–Trinajstić information content (AvgIpc) is 2.32. The number of carbonyl (C=O) groups is 2. The molecule has 0 heterocycles. The first kappa shape index (κ1) is 14.6. The summed E-state index contributed by atoms with van der Waals surface area (Å²) in [6.45, 7) is 1.63. The summed E-state index contributed by atoms with van der Waals surface area (Å²) in [5.74, 6) is -0.512. The molecule has 0 aliphatic heterocycles. The minimum absolute atomic E-state index is 0.0437. The van der Waals surface area contributed by atoms with Crippen LogP contribution >= 0.6 is 23.2 Å². The highest BCUT2D eigenvalue weighted by Crippen LogP contribution is 2.32. The topological polar surface area (TPSA) is 64.6 Å². The van der Waals surface area contributed by atoms with Crippen LogP contribution in [0.1, 0.15) is 6.92 Å². The molecule has 0 spiro atoms. The Bertz CT molecular complexity index is 430. The Labute approximate surface area is 114 Å². The Morgan fingerprint density at radius 2 is 1.89 bits per heavy atom. The lowest BCUT2D eigenvalue weighted by atomic mass is 10.3. The van der Waals surface area contributed by atoms with Crippen LogP contribution in [0.4, 0.5) is 4.79 Å². The summed E-state index contributed by atoms with van der Waals surface area (Å²) in [5, 5.41) is 2.62. The molecule has 1 aromatic carbocycles. The van der Waals surface area contributed by atoms with E-state index >= 15 is 0 Å². The molecule has 0 radical (unpaired) electrons. The van der Waals surface area contributed by atoms with Crippen molar-refractivity contribution in [1.29, 1.82) is 0 Å². The van der Waals surface area contributed by atoms with Gasteiger partial charge < -0.3 is 14.8 Å². The van der Waals surface area contributed by atoms with Gasteiger partial charge in [0.1, 0.15) is 6.54 Å². The molecule has 1 rings (SSSR count). The van der Waals surface area contributed by atoms with Crippen molar-refractivity contribution in [2.24, 2.45) is 0 Å². The van der Waals surface area contributed by atoms with Crippen LogP contribution in [0.25, 0.3) is 0 Å². The third kappa shape index (κ3) is 4.43. The third-order valence-electron chi connectivity index (χ3n) is 1.80. The first-order valence-corrected chi connectivity index (χ1v) is 5.85. The number of esters is 1. The Balaban J connectivity index is 2.52. The van der Waals surface area contributed by atoms with E-state index in [0.717, 1.165) is 0 Å². The van der Waals surface area contributed by atoms with Crippen LogP contribution in [0.5, 0.6) is 5.75 Å². The van der Waals surface area contributed by atoms with E-state index in [1.807, 2.05) is 0 Å². The van der Waals surface area contributed by atoms with E-state index in [4.69, 9.17) is 27.9 Å².